The molecule has 2 aromatic rings. The van der Waals surface area contributed by atoms with Crippen molar-refractivity contribution in [2.45, 2.75) is 6.54 Å². The first-order valence-electron chi connectivity index (χ1n) is 3.98. The zero-order valence-electron chi connectivity index (χ0n) is 7.07. The second kappa shape index (κ2) is 2.92. The van der Waals surface area contributed by atoms with Crippen molar-refractivity contribution >= 4 is 5.65 Å². The van der Waals surface area contributed by atoms with E-state index in [0.717, 1.165) is 11.2 Å². The summed E-state index contributed by atoms with van der Waals surface area (Å²) < 4.78 is 1.88. The number of imidazole rings is 1. The molecule has 0 amide bonds. The predicted molar refractivity (Wildman–Crippen MR) is 51.0 cm³/mol. The average molecular weight is 171 g/mol. The lowest BCUT2D eigenvalue weighted by atomic mass is 10.3. The Balaban J connectivity index is 2.65. The van der Waals surface area contributed by atoms with Crippen molar-refractivity contribution in [3.05, 3.63) is 35.8 Å². The first-order chi connectivity index (χ1) is 6.33. The van der Waals surface area contributed by atoms with Crippen molar-refractivity contribution in [3.63, 3.8) is 0 Å². The van der Waals surface area contributed by atoms with Gasteiger partial charge in [0.15, 0.2) is 0 Å². The SMILES string of the molecule is C#Cc1cn2ccc(CN)cc2n1. The average Bonchev–Trinajstić information content (AvgIpc) is 2.58. The van der Waals surface area contributed by atoms with Crippen LogP contribution in [0.3, 0.4) is 0 Å². The number of rotatable bonds is 1. The Bertz CT molecular complexity index is 476. The van der Waals surface area contributed by atoms with Crippen LogP contribution in [0.25, 0.3) is 5.65 Å². The van der Waals surface area contributed by atoms with Gasteiger partial charge in [0.2, 0.25) is 0 Å². The Hall–Kier alpha value is -1.79. The maximum atomic E-state index is 5.50. The molecule has 0 saturated heterocycles. The molecular weight excluding hydrogens is 162 g/mol. The van der Waals surface area contributed by atoms with Crippen LogP contribution in [0.15, 0.2) is 24.5 Å². The zero-order valence-corrected chi connectivity index (χ0v) is 7.07. The molecule has 0 unspecified atom stereocenters. The molecule has 64 valence electrons. The quantitative estimate of drug-likeness (QED) is 0.644. The molecule has 0 bridgehead atoms. The van der Waals surface area contributed by atoms with Gasteiger partial charge in [0.25, 0.3) is 0 Å². The number of nitrogens with zero attached hydrogens (tertiary/aromatic N) is 2. The standard InChI is InChI=1S/C10H9N3/c1-2-9-7-13-4-3-8(6-11)5-10(13)12-9/h1,3-5,7H,6,11H2. The van der Waals surface area contributed by atoms with Crippen LogP contribution in [0.1, 0.15) is 11.3 Å². The van der Waals surface area contributed by atoms with Crippen molar-refractivity contribution in [2.75, 3.05) is 0 Å². The molecule has 0 aliphatic carbocycles. The molecule has 0 atom stereocenters. The molecular formula is C10H9N3. The Morgan fingerprint density at radius 1 is 1.62 bits per heavy atom. The Labute approximate surface area is 76.2 Å². The minimum Gasteiger partial charge on any atom is -0.326 e. The van der Waals surface area contributed by atoms with Crippen LogP contribution in [0, 0.1) is 12.3 Å². The normalized spacial score (nSPS) is 10.2. The fourth-order valence-electron chi connectivity index (χ4n) is 1.22. The zero-order chi connectivity index (χ0) is 9.26. The number of fused-ring (bicyclic) bond motifs is 1. The number of terminal acetylenes is 1. The van der Waals surface area contributed by atoms with Crippen molar-refractivity contribution in [3.8, 4) is 12.3 Å². The van der Waals surface area contributed by atoms with E-state index in [1.54, 1.807) is 0 Å². The van der Waals surface area contributed by atoms with Gasteiger partial charge in [-0.05, 0) is 23.6 Å². The number of hydrogen-bond donors (Lipinski definition) is 1. The van der Waals surface area contributed by atoms with E-state index in [0.29, 0.717) is 12.2 Å². The minimum absolute atomic E-state index is 0.523. The van der Waals surface area contributed by atoms with Gasteiger partial charge >= 0.3 is 0 Å². The number of hydrogen-bond acceptors (Lipinski definition) is 2. The van der Waals surface area contributed by atoms with Gasteiger partial charge in [-0.15, -0.1) is 6.42 Å². The Morgan fingerprint density at radius 3 is 3.15 bits per heavy atom. The van der Waals surface area contributed by atoms with Gasteiger partial charge in [-0.25, -0.2) is 4.98 Å². The van der Waals surface area contributed by atoms with E-state index in [2.05, 4.69) is 10.9 Å². The summed E-state index contributed by atoms with van der Waals surface area (Å²) in [6, 6.07) is 3.88. The molecule has 0 radical (unpaired) electrons. The van der Waals surface area contributed by atoms with Gasteiger partial charge in [0.1, 0.15) is 11.3 Å². The smallest absolute Gasteiger partial charge is 0.138 e. The molecule has 2 rings (SSSR count). The van der Waals surface area contributed by atoms with E-state index in [1.165, 1.54) is 0 Å². The van der Waals surface area contributed by atoms with Crippen LogP contribution < -0.4 is 5.73 Å². The molecule has 2 aromatic heterocycles. The van der Waals surface area contributed by atoms with Crippen LogP contribution in [0.4, 0.5) is 0 Å². The summed E-state index contributed by atoms with van der Waals surface area (Å²) in [7, 11) is 0. The van der Waals surface area contributed by atoms with Gasteiger partial charge < -0.3 is 10.1 Å². The molecule has 0 aromatic carbocycles. The van der Waals surface area contributed by atoms with Crippen LogP contribution in [-0.4, -0.2) is 9.38 Å². The largest absolute Gasteiger partial charge is 0.326 e. The third-order valence-corrected chi connectivity index (χ3v) is 1.91. The summed E-state index contributed by atoms with van der Waals surface area (Å²) in [5, 5.41) is 0. The molecule has 13 heavy (non-hydrogen) atoms. The number of pyridine rings is 1. The monoisotopic (exact) mass is 171 g/mol. The summed E-state index contributed by atoms with van der Waals surface area (Å²) in [5.74, 6) is 2.49. The summed E-state index contributed by atoms with van der Waals surface area (Å²) in [6.07, 6.45) is 8.96. The fraction of sp³-hybridized carbons (Fsp3) is 0.100. The minimum atomic E-state index is 0.523. The first-order valence-corrected chi connectivity index (χ1v) is 3.98. The van der Waals surface area contributed by atoms with E-state index in [4.69, 9.17) is 12.2 Å². The van der Waals surface area contributed by atoms with E-state index >= 15 is 0 Å². The molecule has 0 saturated carbocycles. The summed E-state index contributed by atoms with van der Waals surface area (Å²) in [4.78, 5) is 4.21. The van der Waals surface area contributed by atoms with Crippen molar-refractivity contribution in [2.24, 2.45) is 5.73 Å². The lowest BCUT2D eigenvalue weighted by Gasteiger charge is -1.96. The molecule has 3 nitrogen and oxygen atoms in total. The lowest BCUT2D eigenvalue weighted by molar-refractivity contribution is 1.05. The second-order valence-electron chi connectivity index (χ2n) is 2.78. The van der Waals surface area contributed by atoms with Gasteiger partial charge in [-0.2, -0.15) is 0 Å². The summed E-state index contributed by atoms with van der Waals surface area (Å²) in [6.45, 7) is 0.523. The summed E-state index contributed by atoms with van der Waals surface area (Å²) >= 11 is 0. The van der Waals surface area contributed by atoms with E-state index in [1.807, 2.05) is 28.9 Å². The first kappa shape index (κ1) is 7.84. The lowest BCUT2D eigenvalue weighted by Crippen LogP contribution is -1.96. The molecule has 2 N–H and O–H groups in total. The van der Waals surface area contributed by atoms with Gasteiger partial charge in [0.05, 0.1) is 0 Å². The van der Waals surface area contributed by atoms with E-state index < -0.39 is 0 Å². The van der Waals surface area contributed by atoms with Gasteiger partial charge in [-0.3, -0.25) is 0 Å². The van der Waals surface area contributed by atoms with Gasteiger partial charge in [0, 0.05) is 18.9 Å². The van der Waals surface area contributed by atoms with E-state index in [-0.39, 0.29) is 0 Å². The number of aromatic nitrogens is 2. The molecule has 0 aliphatic rings. The highest BCUT2D eigenvalue weighted by Crippen LogP contribution is 2.06. The van der Waals surface area contributed by atoms with Crippen molar-refractivity contribution in [1.82, 2.24) is 9.38 Å². The van der Waals surface area contributed by atoms with Gasteiger partial charge in [-0.1, -0.05) is 0 Å². The fourth-order valence-corrected chi connectivity index (χ4v) is 1.22. The van der Waals surface area contributed by atoms with Crippen LogP contribution in [-0.2, 0) is 6.54 Å². The molecule has 0 spiro atoms. The topological polar surface area (TPSA) is 43.3 Å². The highest BCUT2D eigenvalue weighted by atomic mass is 15.0. The number of nitrogens with two attached hydrogens (primary N) is 1. The highest BCUT2D eigenvalue weighted by molar-refractivity contribution is 5.45. The Kier molecular flexibility index (Phi) is 1.76. The predicted octanol–water partition coefficient (Wildman–Crippen LogP) is 0.774. The van der Waals surface area contributed by atoms with Crippen molar-refractivity contribution < 1.29 is 0 Å². The van der Waals surface area contributed by atoms with Crippen LogP contribution >= 0.6 is 0 Å². The second-order valence-corrected chi connectivity index (χ2v) is 2.78. The Morgan fingerprint density at radius 2 is 2.46 bits per heavy atom. The maximum Gasteiger partial charge on any atom is 0.138 e. The van der Waals surface area contributed by atoms with Crippen LogP contribution in [0.2, 0.25) is 0 Å². The highest BCUT2D eigenvalue weighted by Gasteiger charge is 1.98. The molecule has 0 aliphatic heterocycles. The molecule has 0 fully saturated rings. The third-order valence-electron chi connectivity index (χ3n) is 1.91. The molecule has 2 heterocycles. The third kappa shape index (κ3) is 1.28. The van der Waals surface area contributed by atoms with E-state index in [9.17, 15) is 0 Å². The summed E-state index contributed by atoms with van der Waals surface area (Å²) in [5.41, 5.74) is 8.05. The maximum absolute atomic E-state index is 5.50. The van der Waals surface area contributed by atoms with Crippen LogP contribution in [0.5, 0.6) is 0 Å². The van der Waals surface area contributed by atoms with Crippen molar-refractivity contribution in [1.29, 1.82) is 0 Å². The molecule has 3 heteroatoms.